The number of fused-ring (bicyclic) bond motifs is 1. The van der Waals surface area contributed by atoms with Gasteiger partial charge in [-0.2, -0.15) is 0 Å². The zero-order valence-electron chi connectivity index (χ0n) is 16.7. The van der Waals surface area contributed by atoms with Gasteiger partial charge in [-0.15, -0.1) is 0 Å². The molecule has 10 nitrogen and oxygen atoms in total. The fourth-order valence-electron chi connectivity index (χ4n) is 3.41. The second-order valence-electron chi connectivity index (χ2n) is 7.22. The Bertz CT molecular complexity index is 1190. The number of aliphatic hydroxyl groups excluding tert-OH is 3. The number of aliphatic hydroxyl groups is 3. The normalized spacial score (nSPS) is 25.4. The van der Waals surface area contributed by atoms with Crippen molar-refractivity contribution in [2.45, 2.75) is 30.7 Å². The van der Waals surface area contributed by atoms with Crippen molar-refractivity contribution in [3.63, 3.8) is 0 Å². The maximum absolute atomic E-state index is 12.9. The van der Waals surface area contributed by atoms with Crippen LogP contribution in [0.4, 0.5) is 0 Å². The van der Waals surface area contributed by atoms with Gasteiger partial charge in [0.15, 0.2) is 11.5 Å². The predicted molar refractivity (Wildman–Crippen MR) is 109 cm³/mol. The minimum absolute atomic E-state index is 0.0694. The number of ether oxygens (including phenoxy) is 3. The van der Waals surface area contributed by atoms with Crippen LogP contribution in [0.2, 0.25) is 0 Å². The number of esters is 1. The van der Waals surface area contributed by atoms with Crippen molar-refractivity contribution in [3.05, 3.63) is 59.0 Å². The first-order valence-electron chi connectivity index (χ1n) is 9.59. The lowest BCUT2D eigenvalue weighted by atomic mass is 9.99. The van der Waals surface area contributed by atoms with Crippen molar-refractivity contribution in [3.8, 4) is 22.6 Å². The molecule has 1 saturated heterocycles. The van der Waals surface area contributed by atoms with Gasteiger partial charge in [-0.25, -0.2) is 4.79 Å². The Labute approximate surface area is 180 Å². The minimum Gasteiger partial charge on any atom is -0.508 e. The number of benzene rings is 2. The molecule has 0 bridgehead atoms. The first kappa shape index (κ1) is 21.8. The van der Waals surface area contributed by atoms with E-state index in [0.29, 0.717) is 11.1 Å². The van der Waals surface area contributed by atoms with Crippen molar-refractivity contribution in [2.24, 2.45) is 0 Å². The van der Waals surface area contributed by atoms with Gasteiger partial charge in [-0.1, -0.05) is 12.1 Å². The lowest BCUT2D eigenvalue weighted by molar-refractivity contribution is -0.271. The number of carbonyl (C=O) groups is 1. The van der Waals surface area contributed by atoms with Crippen LogP contribution in [-0.4, -0.2) is 64.2 Å². The van der Waals surface area contributed by atoms with E-state index in [1.807, 2.05) is 0 Å². The molecule has 32 heavy (non-hydrogen) atoms. The van der Waals surface area contributed by atoms with Crippen molar-refractivity contribution in [1.82, 2.24) is 0 Å². The van der Waals surface area contributed by atoms with E-state index in [0.717, 1.165) is 7.11 Å². The first-order valence-corrected chi connectivity index (χ1v) is 9.59. The van der Waals surface area contributed by atoms with E-state index < -0.39 is 36.7 Å². The summed E-state index contributed by atoms with van der Waals surface area (Å²) in [6.45, 7) is 0. The molecule has 5 unspecified atom stereocenters. The largest absolute Gasteiger partial charge is 0.508 e. The molecule has 1 fully saturated rings. The molecule has 2 aromatic carbocycles. The molecular formula is C22H20O10. The molecule has 5 atom stereocenters. The van der Waals surface area contributed by atoms with Gasteiger partial charge in [-0.05, 0) is 29.8 Å². The molecule has 4 rings (SSSR count). The van der Waals surface area contributed by atoms with Crippen LogP contribution in [-0.2, 0) is 14.3 Å². The Balaban J connectivity index is 1.61. The van der Waals surface area contributed by atoms with Crippen LogP contribution < -0.4 is 10.2 Å². The number of methoxy groups -OCH3 is 1. The number of carbonyl (C=O) groups excluding carboxylic acids is 1. The molecule has 0 saturated carbocycles. The van der Waals surface area contributed by atoms with E-state index in [4.69, 9.17) is 13.9 Å². The third kappa shape index (κ3) is 3.92. The summed E-state index contributed by atoms with van der Waals surface area (Å²) in [6, 6.07) is 10.4. The van der Waals surface area contributed by atoms with Gasteiger partial charge >= 0.3 is 5.97 Å². The van der Waals surface area contributed by atoms with Crippen LogP contribution in [0.1, 0.15) is 0 Å². The lowest BCUT2D eigenvalue weighted by Gasteiger charge is -2.38. The Hall–Kier alpha value is -3.44. The predicted octanol–water partition coefficient (Wildman–Crippen LogP) is 0.525. The number of hydrogen-bond acceptors (Lipinski definition) is 10. The maximum Gasteiger partial charge on any atom is 0.337 e. The summed E-state index contributed by atoms with van der Waals surface area (Å²) < 4.78 is 20.9. The Morgan fingerprint density at radius 1 is 1.00 bits per heavy atom. The van der Waals surface area contributed by atoms with Gasteiger partial charge in [0, 0.05) is 6.07 Å². The average Bonchev–Trinajstić information content (AvgIpc) is 2.80. The summed E-state index contributed by atoms with van der Waals surface area (Å²) >= 11 is 0. The van der Waals surface area contributed by atoms with E-state index in [1.54, 1.807) is 12.1 Å². The lowest BCUT2D eigenvalue weighted by Crippen LogP contribution is -2.61. The monoisotopic (exact) mass is 444 g/mol. The number of phenols is 1. The van der Waals surface area contributed by atoms with Gasteiger partial charge in [-0.3, -0.25) is 4.79 Å². The third-order valence-corrected chi connectivity index (χ3v) is 5.18. The molecule has 1 aliphatic heterocycles. The molecule has 2 heterocycles. The average molecular weight is 444 g/mol. The van der Waals surface area contributed by atoms with Gasteiger partial charge in [0.25, 0.3) is 0 Å². The highest BCUT2D eigenvalue weighted by atomic mass is 16.7. The molecule has 0 aliphatic carbocycles. The van der Waals surface area contributed by atoms with Gasteiger partial charge < -0.3 is 39.1 Å². The summed E-state index contributed by atoms with van der Waals surface area (Å²) in [7, 11) is 1.09. The highest BCUT2D eigenvalue weighted by molar-refractivity contribution is 5.82. The van der Waals surface area contributed by atoms with Gasteiger partial charge in [0.05, 0.1) is 18.1 Å². The summed E-state index contributed by atoms with van der Waals surface area (Å²) in [5.74, 6) is -0.752. The first-order chi connectivity index (χ1) is 15.3. The summed E-state index contributed by atoms with van der Waals surface area (Å²) in [5, 5.41) is 39.8. The number of phenolic OH excluding ortho intramolecular Hbond substituents is 1. The molecule has 3 aromatic rings. The second kappa shape index (κ2) is 8.60. The van der Waals surface area contributed by atoms with Gasteiger partial charge in [0.2, 0.25) is 6.29 Å². The fraction of sp³-hybridized carbons (Fsp3) is 0.273. The molecule has 4 N–H and O–H groups in total. The van der Waals surface area contributed by atoms with Crippen molar-refractivity contribution >= 4 is 16.9 Å². The smallest absolute Gasteiger partial charge is 0.337 e. The fourth-order valence-corrected chi connectivity index (χ4v) is 3.41. The molecule has 168 valence electrons. The maximum atomic E-state index is 12.9. The quantitative estimate of drug-likeness (QED) is 0.419. The summed E-state index contributed by atoms with van der Waals surface area (Å²) in [4.78, 5) is 24.6. The van der Waals surface area contributed by atoms with E-state index in [-0.39, 0.29) is 27.9 Å². The van der Waals surface area contributed by atoms with E-state index in [1.165, 1.54) is 36.6 Å². The van der Waals surface area contributed by atoms with Crippen LogP contribution in [0, 0.1) is 0 Å². The van der Waals surface area contributed by atoms with Crippen molar-refractivity contribution < 1.29 is 43.8 Å². The Morgan fingerprint density at radius 2 is 1.72 bits per heavy atom. The van der Waals surface area contributed by atoms with Crippen LogP contribution in [0.15, 0.2) is 57.9 Å². The van der Waals surface area contributed by atoms with Gasteiger partial charge in [0.1, 0.15) is 41.7 Å². The molecule has 0 spiro atoms. The highest BCUT2D eigenvalue weighted by Gasteiger charge is 2.48. The Kier molecular flexibility index (Phi) is 5.85. The molecule has 10 heteroatoms. The highest BCUT2D eigenvalue weighted by Crippen LogP contribution is 2.28. The van der Waals surface area contributed by atoms with E-state index >= 15 is 0 Å². The minimum atomic E-state index is -1.72. The molecular weight excluding hydrogens is 424 g/mol. The van der Waals surface area contributed by atoms with Crippen LogP contribution in [0.3, 0.4) is 0 Å². The third-order valence-electron chi connectivity index (χ3n) is 5.18. The number of hydrogen-bond donors (Lipinski definition) is 4. The van der Waals surface area contributed by atoms with Crippen LogP contribution in [0.5, 0.6) is 11.5 Å². The molecule has 1 aliphatic rings. The Morgan fingerprint density at radius 3 is 2.41 bits per heavy atom. The molecule has 0 radical (unpaired) electrons. The van der Waals surface area contributed by atoms with Crippen molar-refractivity contribution in [1.29, 1.82) is 0 Å². The van der Waals surface area contributed by atoms with E-state index in [2.05, 4.69) is 4.74 Å². The summed E-state index contributed by atoms with van der Waals surface area (Å²) in [5.41, 5.74) is 0.751. The van der Waals surface area contributed by atoms with E-state index in [9.17, 15) is 30.0 Å². The standard InChI is InChI=1S/C22H20O10/c1-29-21(28)20-18(26)17(25)19(27)22(32-20)31-12-6-7-13-15(8-12)30-9-14(16(13)24)10-2-4-11(23)5-3-10/h2-9,17-20,22-23,25-27H,1H3. The van der Waals surface area contributed by atoms with Crippen molar-refractivity contribution in [2.75, 3.05) is 7.11 Å². The SMILES string of the molecule is COC(=O)C1OC(Oc2ccc3c(=O)c(-c4ccc(O)cc4)coc3c2)C(O)C(O)C1O. The van der Waals surface area contributed by atoms with Crippen LogP contribution in [0.25, 0.3) is 22.1 Å². The molecule has 1 aromatic heterocycles. The zero-order chi connectivity index (χ0) is 23.0. The number of rotatable bonds is 4. The molecule has 0 amide bonds. The summed E-state index contributed by atoms with van der Waals surface area (Å²) in [6.07, 6.45) is -6.87. The number of aromatic hydroxyl groups is 1. The van der Waals surface area contributed by atoms with Crippen LogP contribution >= 0.6 is 0 Å². The topological polar surface area (TPSA) is 156 Å². The second-order valence-corrected chi connectivity index (χ2v) is 7.22. The zero-order valence-corrected chi connectivity index (χ0v) is 16.7.